The van der Waals surface area contributed by atoms with Gasteiger partial charge in [-0.25, -0.2) is 14.7 Å². The standard InChI is InChI=1S/C32H45F2N6O9/c1-18(2)13-21(35-15-22(42)20(14-19-9-7-6-8-10-19)37-30(47)49-31(3,4)5)27(45)36-16-25(43)38-24-11-12-40(29(46)39-24)28-32(33,34)26(44)23(17-41)48-28/h6-12,18,20-23,26,28,35,42,44H,13-17H2,1-5H3,(H,36,45)(H,37,47)(H,38,39,43,46)/t20-,21+,22+,23-,26-,28-/m1/s1. The molecule has 6 atom stereocenters. The van der Waals surface area contributed by atoms with Gasteiger partial charge in [-0.05, 0) is 51.2 Å². The highest BCUT2D eigenvalue weighted by atomic mass is 19.3. The summed E-state index contributed by atoms with van der Waals surface area (Å²) >= 11 is 0. The van der Waals surface area contributed by atoms with E-state index in [4.69, 9.17) is 9.47 Å². The highest BCUT2D eigenvalue weighted by Gasteiger charge is 2.59. The number of nitrogens with one attached hydrogen (secondary N) is 4. The second-order valence-electron chi connectivity index (χ2n) is 13.2. The summed E-state index contributed by atoms with van der Waals surface area (Å²) in [4.78, 5) is 54.2. The number of nitrogens with zero attached hydrogens (tertiary/aromatic N) is 2. The number of aliphatic hydroxyl groups excluding tert-OH is 2. The minimum Gasteiger partial charge on any atom is -0.444 e. The molecule has 1 radical (unpaired) electrons. The van der Waals surface area contributed by atoms with Crippen LogP contribution in [0.1, 0.15) is 52.8 Å². The van der Waals surface area contributed by atoms with E-state index in [2.05, 4.69) is 26.3 Å². The highest BCUT2D eigenvalue weighted by Crippen LogP contribution is 2.42. The first-order valence-corrected chi connectivity index (χ1v) is 15.8. The van der Waals surface area contributed by atoms with E-state index in [1.807, 2.05) is 44.2 Å². The molecule has 1 aliphatic rings. The number of hydrogen-bond acceptors (Lipinski definition) is 10. The van der Waals surface area contributed by atoms with Crippen LogP contribution in [0.5, 0.6) is 0 Å². The van der Waals surface area contributed by atoms with Gasteiger partial charge in [0, 0.05) is 12.7 Å². The zero-order valence-electron chi connectivity index (χ0n) is 28.0. The molecule has 2 heterocycles. The number of carbonyl (C=O) groups is 3. The van der Waals surface area contributed by atoms with E-state index in [0.717, 1.165) is 17.8 Å². The Morgan fingerprint density at radius 1 is 1.14 bits per heavy atom. The van der Waals surface area contributed by atoms with E-state index in [9.17, 15) is 43.3 Å². The molecule has 1 aromatic carbocycles. The van der Waals surface area contributed by atoms with Crippen molar-refractivity contribution in [1.82, 2.24) is 25.5 Å². The highest BCUT2D eigenvalue weighted by molar-refractivity contribution is 5.94. The van der Waals surface area contributed by atoms with Crippen LogP contribution in [0, 0.1) is 5.92 Å². The number of aromatic nitrogens is 2. The van der Waals surface area contributed by atoms with Gasteiger partial charge in [-0.1, -0.05) is 44.2 Å². The third kappa shape index (κ3) is 11.5. The van der Waals surface area contributed by atoms with Crippen LogP contribution < -0.4 is 27.0 Å². The summed E-state index contributed by atoms with van der Waals surface area (Å²) in [6.45, 7) is 7.13. The van der Waals surface area contributed by atoms with Crippen LogP contribution in [-0.4, -0.2) is 99.3 Å². The van der Waals surface area contributed by atoms with Gasteiger partial charge in [-0.15, -0.1) is 0 Å². The van der Waals surface area contributed by atoms with E-state index < -0.39 is 84.9 Å². The van der Waals surface area contributed by atoms with Gasteiger partial charge in [0.15, 0.2) is 6.10 Å². The van der Waals surface area contributed by atoms with Crippen molar-refractivity contribution < 1.29 is 48.0 Å². The van der Waals surface area contributed by atoms with Crippen LogP contribution in [0.4, 0.5) is 19.4 Å². The Bertz CT molecular complexity index is 1470. The second kappa shape index (κ2) is 17.1. The van der Waals surface area contributed by atoms with Crippen LogP contribution in [0.15, 0.2) is 47.4 Å². The van der Waals surface area contributed by atoms with Crippen molar-refractivity contribution in [3.8, 4) is 0 Å². The van der Waals surface area contributed by atoms with Gasteiger partial charge in [0.1, 0.15) is 24.1 Å². The smallest absolute Gasteiger partial charge is 0.407 e. The Morgan fingerprint density at radius 3 is 2.39 bits per heavy atom. The molecule has 3 amide bonds. The number of aliphatic hydroxyl groups is 2. The molecule has 1 fully saturated rings. The fourth-order valence-electron chi connectivity index (χ4n) is 5.01. The lowest BCUT2D eigenvalue weighted by atomic mass is 9.99. The van der Waals surface area contributed by atoms with Crippen molar-refractivity contribution in [2.45, 2.75) is 95.6 Å². The maximum atomic E-state index is 14.4. The van der Waals surface area contributed by atoms with Gasteiger partial charge in [-0.3, -0.25) is 14.2 Å². The molecule has 0 saturated carbocycles. The number of alkyl halides is 2. The fraction of sp³-hybridized carbons (Fsp3) is 0.594. The quantitative estimate of drug-likeness (QED) is 0.156. The van der Waals surface area contributed by atoms with Crippen molar-refractivity contribution in [1.29, 1.82) is 0 Å². The molecule has 15 nitrogen and oxygen atoms in total. The van der Waals surface area contributed by atoms with E-state index in [0.29, 0.717) is 11.0 Å². The van der Waals surface area contributed by atoms with Gasteiger partial charge in [0.25, 0.3) is 0 Å². The third-order valence-corrected chi connectivity index (χ3v) is 7.38. The number of benzene rings is 1. The maximum Gasteiger partial charge on any atom is 0.407 e. The predicted molar refractivity (Wildman–Crippen MR) is 171 cm³/mol. The molecule has 0 aliphatic carbocycles. The molecule has 3 rings (SSSR count). The molecule has 49 heavy (non-hydrogen) atoms. The van der Waals surface area contributed by atoms with Crippen molar-refractivity contribution >= 4 is 23.7 Å². The fourth-order valence-corrected chi connectivity index (χ4v) is 5.01. The first-order chi connectivity index (χ1) is 22.9. The number of anilines is 1. The molecule has 1 aliphatic heterocycles. The van der Waals surface area contributed by atoms with Crippen LogP contribution in [0.25, 0.3) is 0 Å². The molecule has 0 unspecified atom stereocenters. The van der Waals surface area contributed by atoms with E-state index >= 15 is 0 Å². The van der Waals surface area contributed by atoms with Crippen LogP contribution in [-0.2, 0) is 30.6 Å². The topological polar surface area (TPSA) is 213 Å². The molecule has 2 aromatic rings. The minimum atomic E-state index is -3.94. The zero-order chi connectivity index (χ0) is 36.5. The Labute approximate surface area is 282 Å². The molecule has 6 N–H and O–H groups in total. The molecular weight excluding hydrogens is 650 g/mol. The summed E-state index contributed by atoms with van der Waals surface area (Å²) in [7, 11) is 0. The van der Waals surface area contributed by atoms with Gasteiger partial charge in [0.05, 0.1) is 24.7 Å². The average molecular weight is 696 g/mol. The van der Waals surface area contributed by atoms with Crippen LogP contribution in [0.3, 0.4) is 0 Å². The zero-order valence-corrected chi connectivity index (χ0v) is 28.0. The number of rotatable bonds is 15. The van der Waals surface area contributed by atoms with Gasteiger partial charge >= 0.3 is 17.7 Å². The SMILES string of the molecule is CC(C)C[C@H](NC[C@H](O)[C@@H](Cc1ccccc1)NC(=O)OC(C)(C)C)C(=O)NCC(=O)Nc1ccn([C@@H]2O[C@H](C[O])[C@@H](O)C2(F)F)c(=O)n1. The molecule has 0 bridgehead atoms. The van der Waals surface area contributed by atoms with Gasteiger partial charge < -0.3 is 41.0 Å². The molecule has 271 valence electrons. The first kappa shape index (κ1) is 39.4. The van der Waals surface area contributed by atoms with Crippen molar-refractivity contribution in [2.75, 3.05) is 25.0 Å². The van der Waals surface area contributed by atoms with Crippen LogP contribution >= 0.6 is 0 Å². The molecule has 0 spiro atoms. The number of amides is 3. The summed E-state index contributed by atoms with van der Waals surface area (Å²) in [5, 5.41) is 42.3. The maximum absolute atomic E-state index is 14.4. The molecule has 1 saturated heterocycles. The first-order valence-electron chi connectivity index (χ1n) is 15.8. The summed E-state index contributed by atoms with van der Waals surface area (Å²) in [6.07, 6.45) is -6.77. The molecular formula is C32H45F2N6O9. The lowest BCUT2D eigenvalue weighted by molar-refractivity contribution is -0.141. The molecule has 1 aromatic heterocycles. The van der Waals surface area contributed by atoms with Gasteiger partial charge in [0.2, 0.25) is 18.0 Å². The van der Waals surface area contributed by atoms with Crippen molar-refractivity contribution in [3.63, 3.8) is 0 Å². The predicted octanol–water partition coefficient (Wildman–Crippen LogP) is 1.12. The summed E-state index contributed by atoms with van der Waals surface area (Å²) < 4.78 is 39.5. The Balaban J connectivity index is 1.60. The summed E-state index contributed by atoms with van der Waals surface area (Å²) in [6, 6.07) is 8.63. The molecule has 17 heteroatoms. The number of alkyl carbamates (subject to hydrolysis) is 1. The number of halogens is 2. The summed E-state index contributed by atoms with van der Waals surface area (Å²) in [5.74, 6) is -5.55. The number of hydrogen-bond donors (Lipinski definition) is 6. The van der Waals surface area contributed by atoms with E-state index in [1.165, 1.54) is 0 Å². The minimum absolute atomic E-state index is 0.0335. The Hall–Kier alpha value is -4.03. The third-order valence-electron chi connectivity index (χ3n) is 7.38. The number of ether oxygens (including phenoxy) is 2. The Morgan fingerprint density at radius 2 is 1.82 bits per heavy atom. The normalized spacial score (nSPS) is 20.7. The van der Waals surface area contributed by atoms with Crippen molar-refractivity contribution in [3.05, 3.63) is 58.6 Å². The van der Waals surface area contributed by atoms with E-state index in [-0.39, 0.29) is 24.7 Å². The van der Waals surface area contributed by atoms with Crippen molar-refractivity contribution in [2.24, 2.45) is 5.92 Å². The van der Waals surface area contributed by atoms with Crippen LogP contribution in [0.2, 0.25) is 0 Å². The van der Waals surface area contributed by atoms with E-state index in [1.54, 1.807) is 20.8 Å². The lowest BCUT2D eigenvalue weighted by Gasteiger charge is -2.28. The second-order valence-corrected chi connectivity index (χ2v) is 13.2. The largest absolute Gasteiger partial charge is 0.444 e. The summed E-state index contributed by atoms with van der Waals surface area (Å²) in [5.41, 5.74) is -1.15. The van der Waals surface area contributed by atoms with Gasteiger partial charge in [-0.2, -0.15) is 13.8 Å². The monoisotopic (exact) mass is 695 g/mol. The Kier molecular flexibility index (Phi) is 13.7. The lowest BCUT2D eigenvalue weighted by Crippen LogP contribution is -2.53. The average Bonchev–Trinajstić information content (AvgIpc) is 3.24. The number of carbonyl (C=O) groups excluding carboxylic acids is 3.